The van der Waals surface area contributed by atoms with Gasteiger partial charge in [0.2, 0.25) is 0 Å². The Hall–Kier alpha value is -0.450. The molecule has 0 heterocycles. The van der Waals surface area contributed by atoms with Crippen LogP contribution in [0.15, 0.2) is 29.2 Å². The standard InChI is InChI=1S/C8H11NOS2/c1-7-3-5-8(6-4-7)12(10,11)9-2/h3-6,9H,1-2H3. The van der Waals surface area contributed by atoms with E-state index in [9.17, 15) is 4.21 Å². The van der Waals surface area contributed by atoms with Crippen molar-refractivity contribution in [3.05, 3.63) is 29.8 Å². The molecule has 0 aliphatic rings. The van der Waals surface area contributed by atoms with Crippen LogP contribution in [-0.2, 0) is 19.9 Å². The topological polar surface area (TPSA) is 29.1 Å². The first-order valence-corrected chi connectivity index (χ1v) is 6.05. The predicted molar refractivity (Wildman–Crippen MR) is 54.0 cm³/mol. The number of benzene rings is 1. The van der Waals surface area contributed by atoms with Crippen molar-refractivity contribution in [3.63, 3.8) is 0 Å². The fourth-order valence-electron chi connectivity index (χ4n) is 0.835. The summed E-state index contributed by atoms with van der Waals surface area (Å²) in [6.45, 7) is 1.98. The van der Waals surface area contributed by atoms with Gasteiger partial charge in [-0.25, -0.2) is 8.93 Å². The van der Waals surface area contributed by atoms with Crippen LogP contribution in [0.3, 0.4) is 0 Å². The van der Waals surface area contributed by atoms with E-state index in [2.05, 4.69) is 4.72 Å². The molecule has 1 atom stereocenters. The lowest BCUT2D eigenvalue weighted by Crippen LogP contribution is -2.16. The molecule has 0 aromatic heterocycles. The van der Waals surface area contributed by atoms with E-state index in [1.54, 1.807) is 19.2 Å². The lowest BCUT2D eigenvalue weighted by molar-refractivity contribution is 0.676. The van der Waals surface area contributed by atoms with Crippen LogP contribution in [0.25, 0.3) is 0 Å². The Labute approximate surface area is 77.8 Å². The molecule has 0 amide bonds. The number of aryl methyl sites for hydroxylation is 1. The minimum Gasteiger partial charge on any atom is -0.236 e. The summed E-state index contributed by atoms with van der Waals surface area (Å²) in [5, 5.41) is 0. The van der Waals surface area contributed by atoms with E-state index in [1.807, 2.05) is 19.1 Å². The van der Waals surface area contributed by atoms with E-state index in [-0.39, 0.29) is 0 Å². The maximum Gasteiger partial charge on any atom is 0.118 e. The third kappa shape index (κ3) is 2.03. The number of nitrogens with one attached hydrogen (secondary N) is 1. The number of hydrogen-bond acceptors (Lipinski definition) is 2. The first kappa shape index (κ1) is 9.64. The van der Waals surface area contributed by atoms with Crippen molar-refractivity contribution in [2.75, 3.05) is 7.05 Å². The van der Waals surface area contributed by atoms with Crippen LogP contribution in [-0.4, -0.2) is 11.3 Å². The Morgan fingerprint density at radius 3 is 2.25 bits per heavy atom. The van der Waals surface area contributed by atoms with Gasteiger partial charge in [0.05, 0.1) is 4.90 Å². The van der Waals surface area contributed by atoms with Crippen LogP contribution in [0.5, 0.6) is 0 Å². The lowest BCUT2D eigenvalue weighted by atomic mass is 10.2. The van der Waals surface area contributed by atoms with E-state index in [4.69, 9.17) is 11.2 Å². The average Bonchev–Trinajstić information content (AvgIpc) is 2.05. The fraction of sp³-hybridized carbons (Fsp3) is 0.250. The van der Waals surface area contributed by atoms with Crippen LogP contribution in [0.4, 0.5) is 0 Å². The molecule has 1 aromatic carbocycles. The summed E-state index contributed by atoms with van der Waals surface area (Å²) in [6, 6.07) is 7.39. The number of hydrogen-bond donors (Lipinski definition) is 1. The van der Waals surface area contributed by atoms with Crippen molar-refractivity contribution >= 4 is 19.9 Å². The summed E-state index contributed by atoms with van der Waals surface area (Å²) >= 11 is 4.87. The molecule has 0 aliphatic carbocycles. The second kappa shape index (κ2) is 3.51. The number of rotatable bonds is 2. The molecule has 0 aliphatic heterocycles. The molecule has 0 saturated carbocycles. The van der Waals surface area contributed by atoms with E-state index in [0.29, 0.717) is 4.90 Å². The summed E-state index contributed by atoms with van der Waals surface area (Å²) in [7, 11) is -0.825. The molecule has 66 valence electrons. The maximum atomic E-state index is 11.6. The van der Waals surface area contributed by atoms with Gasteiger partial charge in [0, 0.05) is 11.2 Å². The highest BCUT2D eigenvalue weighted by atomic mass is 32.8. The van der Waals surface area contributed by atoms with Gasteiger partial charge in [-0.3, -0.25) is 0 Å². The summed E-state index contributed by atoms with van der Waals surface area (Å²) < 4.78 is 14.2. The third-order valence-corrected chi connectivity index (χ3v) is 4.11. The predicted octanol–water partition coefficient (Wildman–Crippen LogP) is 1.23. The van der Waals surface area contributed by atoms with Crippen molar-refractivity contribution in [2.45, 2.75) is 11.8 Å². The summed E-state index contributed by atoms with van der Waals surface area (Å²) in [6.07, 6.45) is 0. The van der Waals surface area contributed by atoms with E-state index in [0.717, 1.165) is 5.56 Å². The molecule has 1 rings (SSSR count). The van der Waals surface area contributed by atoms with Gasteiger partial charge in [-0.15, -0.1) is 0 Å². The molecular weight excluding hydrogens is 190 g/mol. The first-order chi connectivity index (χ1) is 5.56. The largest absolute Gasteiger partial charge is 0.236 e. The van der Waals surface area contributed by atoms with Crippen molar-refractivity contribution in [1.29, 1.82) is 0 Å². The minimum atomic E-state index is -2.43. The Bertz CT molecular complexity index is 353. The van der Waals surface area contributed by atoms with Gasteiger partial charge in [-0.05, 0) is 26.1 Å². The molecular formula is C8H11NOS2. The van der Waals surface area contributed by atoms with E-state index in [1.165, 1.54) is 0 Å². The van der Waals surface area contributed by atoms with Gasteiger partial charge in [0.1, 0.15) is 8.68 Å². The van der Waals surface area contributed by atoms with Crippen LogP contribution < -0.4 is 4.72 Å². The molecule has 0 saturated heterocycles. The van der Waals surface area contributed by atoms with Gasteiger partial charge in [0.25, 0.3) is 0 Å². The van der Waals surface area contributed by atoms with E-state index >= 15 is 0 Å². The second-order valence-electron chi connectivity index (χ2n) is 2.52. The molecule has 2 nitrogen and oxygen atoms in total. The van der Waals surface area contributed by atoms with E-state index < -0.39 is 8.68 Å². The molecule has 4 heteroatoms. The Morgan fingerprint density at radius 1 is 1.33 bits per heavy atom. The fourth-order valence-corrected chi connectivity index (χ4v) is 1.90. The zero-order valence-electron chi connectivity index (χ0n) is 7.03. The van der Waals surface area contributed by atoms with Crippen LogP contribution in [0.1, 0.15) is 5.56 Å². The second-order valence-corrected chi connectivity index (χ2v) is 5.82. The zero-order chi connectivity index (χ0) is 9.19. The zero-order valence-corrected chi connectivity index (χ0v) is 8.67. The molecule has 1 aromatic rings. The molecule has 0 bridgehead atoms. The van der Waals surface area contributed by atoms with Gasteiger partial charge >= 0.3 is 0 Å². The average molecular weight is 201 g/mol. The summed E-state index contributed by atoms with van der Waals surface area (Å²) in [4.78, 5) is 0.672. The molecule has 1 N–H and O–H groups in total. The third-order valence-electron chi connectivity index (χ3n) is 1.60. The molecule has 1 unspecified atom stereocenters. The monoisotopic (exact) mass is 201 g/mol. The van der Waals surface area contributed by atoms with Crippen LogP contribution in [0, 0.1) is 6.92 Å². The Balaban J connectivity index is 3.14. The molecule has 0 fully saturated rings. The summed E-state index contributed by atoms with van der Waals surface area (Å²) in [5.41, 5.74) is 1.14. The normalized spacial score (nSPS) is 15.5. The Kier molecular flexibility index (Phi) is 2.82. The molecule has 0 spiro atoms. The highest BCUT2D eigenvalue weighted by molar-refractivity contribution is 8.31. The van der Waals surface area contributed by atoms with Crippen molar-refractivity contribution < 1.29 is 4.21 Å². The van der Waals surface area contributed by atoms with Crippen LogP contribution in [0.2, 0.25) is 0 Å². The molecule has 0 radical (unpaired) electrons. The highest BCUT2D eigenvalue weighted by Gasteiger charge is 2.04. The quantitative estimate of drug-likeness (QED) is 0.780. The Morgan fingerprint density at radius 2 is 1.83 bits per heavy atom. The van der Waals surface area contributed by atoms with Gasteiger partial charge in [0.15, 0.2) is 0 Å². The smallest absolute Gasteiger partial charge is 0.118 e. The van der Waals surface area contributed by atoms with Gasteiger partial charge < -0.3 is 0 Å². The van der Waals surface area contributed by atoms with Crippen molar-refractivity contribution in [1.82, 2.24) is 4.72 Å². The highest BCUT2D eigenvalue weighted by Crippen LogP contribution is 2.09. The maximum absolute atomic E-state index is 11.6. The van der Waals surface area contributed by atoms with Gasteiger partial charge in [-0.2, -0.15) is 0 Å². The lowest BCUT2D eigenvalue weighted by Gasteiger charge is -2.04. The molecule has 12 heavy (non-hydrogen) atoms. The van der Waals surface area contributed by atoms with Gasteiger partial charge in [-0.1, -0.05) is 17.7 Å². The van der Waals surface area contributed by atoms with Crippen molar-refractivity contribution in [2.24, 2.45) is 0 Å². The first-order valence-electron chi connectivity index (χ1n) is 3.56. The minimum absolute atomic E-state index is 0.672. The van der Waals surface area contributed by atoms with Crippen LogP contribution >= 0.6 is 0 Å². The SMILES string of the molecule is CNS(=O)(=S)c1ccc(C)cc1. The summed E-state index contributed by atoms with van der Waals surface area (Å²) in [5.74, 6) is 0. The van der Waals surface area contributed by atoms with Crippen molar-refractivity contribution in [3.8, 4) is 0 Å².